The number of morpholine rings is 1. The van der Waals surface area contributed by atoms with Crippen LogP contribution >= 0.6 is 23.2 Å². The Morgan fingerprint density at radius 2 is 2.00 bits per heavy atom. The number of rotatable bonds is 8. The minimum Gasteiger partial charge on any atom is -0.489 e. The molecule has 0 spiro atoms. The van der Waals surface area contributed by atoms with Gasteiger partial charge in [0, 0.05) is 24.7 Å². The first-order valence-corrected chi connectivity index (χ1v) is 13.5. The number of halogens is 2. The van der Waals surface area contributed by atoms with Crippen molar-refractivity contribution >= 4 is 46.0 Å². The molecule has 0 aromatic heterocycles. The molecule has 2 amide bonds. The van der Waals surface area contributed by atoms with Crippen molar-refractivity contribution in [1.29, 1.82) is 0 Å². The summed E-state index contributed by atoms with van der Waals surface area (Å²) in [6, 6.07) is 3.09. The Morgan fingerprint density at radius 1 is 1.34 bits per heavy atom. The molecule has 3 rings (SSSR count). The van der Waals surface area contributed by atoms with E-state index in [2.05, 4.69) is 16.6 Å². The average molecular weight is 547 g/mol. The van der Waals surface area contributed by atoms with Crippen LogP contribution in [0.3, 0.4) is 0 Å². The lowest BCUT2D eigenvalue weighted by Crippen LogP contribution is -2.53. The summed E-state index contributed by atoms with van der Waals surface area (Å²) >= 11 is 12.7. The Labute approximate surface area is 219 Å². The summed E-state index contributed by atoms with van der Waals surface area (Å²) in [5, 5.41) is 3.42. The largest absolute Gasteiger partial charge is 0.489 e. The molecule has 2 fully saturated rings. The lowest BCUT2D eigenvalue weighted by Gasteiger charge is -2.39. The Morgan fingerprint density at radius 3 is 2.57 bits per heavy atom. The lowest BCUT2D eigenvalue weighted by atomic mass is 9.85. The van der Waals surface area contributed by atoms with Gasteiger partial charge in [-0.1, -0.05) is 35.9 Å². The van der Waals surface area contributed by atoms with Gasteiger partial charge in [0.15, 0.2) is 6.10 Å². The molecule has 2 saturated heterocycles. The van der Waals surface area contributed by atoms with Gasteiger partial charge in [-0.15, -0.1) is 0 Å². The van der Waals surface area contributed by atoms with E-state index in [1.807, 2.05) is 20.8 Å². The van der Waals surface area contributed by atoms with Crippen LogP contribution in [-0.2, 0) is 25.3 Å². The number of ether oxygens (including phenoxy) is 2. The first kappa shape index (κ1) is 27.9. The molecule has 35 heavy (non-hydrogen) atoms. The summed E-state index contributed by atoms with van der Waals surface area (Å²) < 4.78 is 27.3. The van der Waals surface area contributed by atoms with Crippen LogP contribution in [0.1, 0.15) is 45.2 Å². The van der Waals surface area contributed by atoms with Crippen molar-refractivity contribution in [1.82, 2.24) is 14.9 Å². The molecule has 0 radical (unpaired) electrons. The summed E-state index contributed by atoms with van der Waals surface area (Å²) in [5.41, 5.74) is 0.766. The maximum absolute atomic E-state index is 13.1. The van der Waals surface area contributed by atoms with Crippen LogP contribution in [0.2, 0.25) is 10.0 Å². The van der Waals surface area contributed by atoms with E-state index < -0.39 is 21.8 Å². The first-order chi connectivity index (χ1) is 16.5. The van der Waals surface area contributed by atoms with Crippen LogP contribution in [0.25, 0.3) is 0 Å². The van der Waals surface area contributed by atoms with Crippen molar-refractivity contribution in [3.05, 3.63) is 40.4 Å². The minimum atomic E-state index is -1.36. The molecule has 0 saturated carbocycles. The second-order valence-electron chi connectivity index (χ2n) is 9.65. The predicted octanol–water partition coefficient (Wildman–Crippen LogP) is 3.40. The number of hydrogen-bond donors (Lipinski definition) is 2. The third-order valence-electron chi connectivity index (χ3n) is 6.03. The van der Waals surface area contributed by atoms with E-state index in [0.717, 1.165) is 5.56 Å². The molecular formula is C24H33Cl2N3O5S. The molecule has 2 aliphatic rings. The minimum absolute atomic E-state index is 0.0562. The van der Waals surface area contributed by atoms with Gasteiger partial charge in [-0.25, -0.2) is 8.93 Å². The summed E-state index contributed by atoms with van der Waals surface area (Å²) in [6.45, 7) is 10.8. The zero-order valence-corrected chi connectivity index (χ0v) is 22.6. The molecular weight excluding hydrogens is 513 g/mol. The lowest BCUT2D eigenvalue weighted by molar-refractivity contribution is -0.151. The Hall–Kier alpha value is -1.65. The fourth-order valence-electron chi connectivity index (χ4n) is 4.07. The highest BCUT2D eigenvalue weighted by molar-refractivity contribution is 7.84. The average Bonchev–Trinajstić information content (AvgIpc) is 2.82. The second-order valence-corrected chi connectivity index (χ2v) is 12.5. The van der Waals surface area contributed by atoms with Crippen LogP contribution in [0.5, 0.6) is 5.75 Å². The number of piperidine rings is 1. The number of hydrogen-bond acceptors (Lipinski definition) is 5. The molecule has 2 N–H and O–H groups in total. The quantitative estimate of drug-likeness (QED) is 0.488. The smallest absolute Gasteiger partial charge is 0.253 e. The van der Waals surface area contributed by atoms with E-state index in [9.17, 15) is 13.8 Å². The monoisotopic (exact) mass is 545 g/mol. The Kier molecular flexibility index (Phi) is 9.62. The highest BCUT2D eigenvalue weighted by Gasteiger charge is 2.36. The number of benzene rings is 1. The predicted molar refractivity (Wildman–Crippen MR) is 138 cm³/mol. The topological polar surface area (TPSA) is 97.0 Å². The number of nitrogens with one attached hydrogen (secondary N) is 2. The van der Waals surface area contributed by atoms with Crippen LogP contribution in [0.4, 0.5) is 0 Å². The van der Waals surface area contributed by atoms with Gasteiger partial charge in [-0.2, -0.15) is 0 Å². The van der Waals surface area contributed by atoms with Crippen molar-refractivity contribution in [3.63, 3.8) is 0 Å². The molecule has 3 atom stereocenters. The Bertz CT molecular complexity index is 967. The molecule has 1 unspecified atom stereocenters. The van der Waals surface area contributed by atoms with E-state index in [-0.39, 0.29) is 43.5 Å². The molecule has 11 heteroatoms. The third kappa shape index (κ3) is 7.20. The number of nitrogens with zero attached hydrogens (tertiary/aromatic N) is 1. The highest BCUT2D eigenvalue weighted by atomic mass is 35.5. The normalized spacial score (nSPS) is 21.2. The van der Waals surface area contributed by atoms with Crippen molar-refractivity contribution in [2.24, 2.45) is 5.92 Å². The summed E-state index contributed by atoms with van der Waals surface area (Å²) in [7, 11) is -1.36. The van der Waals surface area contributed by atoms with Gasteiger partial charge in [0.25, 0.3) is 5.91 Å². The summed E-state index contributed by atoms with van der Waals surface area (Å²) in [5.74, 6) is 0.258. The number of carbonyl (C=O) groups is 2. The van der Waals surface area contributed by atoms with Crippen molar-refractivity contribution in [3.8, 4) is 5.75 Å². The SMILES string of the molecule is C=CCOc1cc(Cl)c(Cl)cc1[C@H](NS(=O)C(C)(C)C)C1CCN(C(=O)[C@@H]2CNC(=O)CO2)CC1. The van der Waals surface area contributed by atoms with Crippen LogP contribution in [-0.4, -0.2) is 64.6 Å². The summed E-state index contributed by atoms with van der Waals surface area (Å²) in [4.78, 5) is 26.0. The molecule has 194 valence electrons. The van der Waals surface area contributed by atoms with E-state index >= 15 is 0 Å². The molecule has 8 nitrogen and oxygen atoms in total. The van der Waals surface area contributed by atoms with Crippen molar-refractivity contribution in [2.75, 3.05) is 32.8 Å². The second kappa shape index (κ2) is 12.1. The molecule has 1 aromatic carbocycles. The van der Waals surface area contributed by atoms with Crippen LogP contribution < -0.4 is 14.8 Å². The number of amides is 2. The van der Waals surface area contributed by atoms with Gasteiger partial charge >= 0.3 is 0 Å². The van der Waals surface area contributed by atoms with Crippen molar-refractivity contribution < 1.29 is 23.3 Å². The standard InChI is InChI=1S/C24H33Cl2N3O5S/c1-5-10-33-19-12-18(26)17(25)11-16(19)22(28-35(32)24(2,3)4)15-6-8-29(9-7-15)23(31)20-13-27-21(30)14-34-20/h5,11-12,15,20,22,28H,1,6-10,13-14H2,2-4H3,(H,27,30)/t20-,22+,35?/m0/s1. The van der Waals surface area contributed by atoms with Crippen LogP contribution in [0.15, 0.2) is 24.8 Å². The fourth-order valence-corrected chi connectivity index (χ4v) is 5.30. The zero-order valence-electron chi connectivity index (χ0n) is 20.3. The summed E-state index contributed by atoms with van der Waals surface area (Å²) in [6.07, 6.45) is 2.32. The zero-order chi connectivity index (χ0) is 25.8. The maximum Gasteiger partial charge on any atom is 0.253 e. The van der Waals surface area contributed by atoms with Gasteiger partial charge in [0.05, 0.1) is 38.4 Å². The number of likely N-dealkylation sites (tertiary alicyclic amines) is 1. The molecule has 0 aliphatic carbocycles. The van der Waals surface area contributed by atoms with Gasteiger partial charge < -0.3 is 19.7 Å². The fraction of sp³-hybridized carbons (Fsp3) is 0.583. The van der Waals surface area contributed by atoms with Gasteiger partial charge in [-0.05, 0) is 45.6 Å². The highest BCUT2D eigenvalue weighted by Crippen LogP contribution is 2.40. The van der Waals surface area contributed by atoms with Crippen molar-refractivity contribution in [2.45, 2.75) is 50.5 Å². The van der Waals surface area contributed by atoms with E-state index in [4.69, 9.17) is 32.7 Å². The maximum atomic E-state index is 13.1. The van der Waals surface area contributed by atoms with Gasteiger partial charge in [0.1, 0.15) is 19.0 Å². The van der Waals surface area contributed by atoms with Gasteiger partial charge in [0.2, 0.25) is 5.91 Å². The van der Waals surface area contributed by atoms with E-state index in [1.54, 1.807) is 23.1 Å². The van der Waals surface area contributed by atoms with E-state index in [1.165, 1.54) is 0 Å². The van der Waals surface area contributed by atoms with Gasteiger partial charge in [-0.3, -0.25) is 9.59 Å². The first-order valence-electron chi connectivity index (χ1n) is 11.6. The third-order valence-corrected chi connectivity index (χ3v) is 8.34. The molecule has 1 aromatic rings. The van der Waals surface area contributed by atoms with Crippen LogP contribution in [0, 0.1) is 5.92 Å². The van der Waals surface area contributed by atoms with E-state index in [0.29, 0.717) is 41.7 Å². The molecule has 2 aliphatic heterocycles. The molecule has 0 bridgehead atoms. The molecule has 2 heterocycles. The Balaban J connectivity index is 1.82. The number of carbonyl (C=O) groups excluding carboxylic acids is 2.